The average molecular weight is 471 g/mol. The van der Waals surface area contributed by atoms with Crippen molar-refractivity contribution in [3.8, 4) is 11.5 Å². The minimum absolute atomic E-state index is 0.293. The first-order valence-electron chi connectivity index (χ1n) is 8.46. The van der Waals surface area contributed by atoms with Gasteiger partial charge in [0, 0.05) is 24.5 Å². The van der Waals surface area contributed by atoms with E-state index in [2.05, 4.69) is 35.4 Å². The number of rotatable bonds is 8. The van der Waals surface area contributed by atoms with Gasteiger partial charge in [0.25, 0.3) is 0 Å². The monoisotopic (exact) mass is 470 g/mol. The van der Waals surface area contributed by atoms with E-state index in [1.165, 1.54) is 12.1 Å². The van der Waals surface area contributed by atoms with E-state index >= 15 is 0 Å². The molecule has 0 N–H and O–H groups in total. The summed E-state index contributed by atoms with van der Waals surface area (Å²) >= 11 is 3.28. The Kier molecular flexibility index (Phi) is 7.03. The molecule has 9 heteroatoms. The van der Waals surface area contributed by atoms with Crippen molar-refractivity contribution in [3.05, 3.63) is 82.3 Å². The summed E-state index contributed by atoms with van der Waals surface area (Å²) in [7, 11) is 0. The Balaban J connectivity index is 2.02. The number of nitrogens with zero attached hydrogens (tertiary/aromatic N) is 2. The Hall–Kier alpha value is -2.68. The molecular weight excluding hydrogens is 456 g/mol. The Morgan fingerprint density at radius 1 is 0.828 bits per heavy atom. The third-order valence-electron chi connectivity index (χ3n) is 4.14. The molecule has 0 radical (unpaired) electrons. The van der Waals surface area contributed by atoms with Crippen LogP contribution in [-0.2, 0) is 6.42 Å². The van der Waals surface area contributed by atoms with E-state index in [1.807, 2.05) is 18.2 Å². The van der Waals surface area contributed by atoms with Crippen LogP contribution in [0, 0.1) is 0 Å². The summed E-state index contributed by atoms with van der Waals surface area (Å²) in [4.78, 5) is 8.21. The zero-order valence-corrected chi connectivity index (χ0v) is 16.4. The Morgan fingerprint density at radius 2 is 1.48 bits per heavy atom. The van der Waals surface area contributed by atoms with Crippen LogP contribution in [0.1, 0.15) is 22.6 Å². The normalized spacial score (nSPS) is 12.2. The van der Waals surface area contributed by atoms with Gasteiger partial charge in [-0.15, -0.1) is 0 Å². The summed E-state index contributed by atoms with van der Waals surface area (Å²) in [6, 6.07) is 11.3. The maximum atomic E-state index is 12.8. The van der Waals surface area contributed by atoms with Crippen molar-refractivity contribution >= 4 is 15.9 Å². The number of halogens is 5. The van der Waals surface area contributed by atoms with E-state index in [4.69, 9.17) is 0 Å². The van der Waals surface area contributed by atoms with Crippen LogP contribution in [-0.4, -0.2) is 23.2 Å². The predicted octanol–water partition coefficient (Wildman–Crippen LogP) is 5.82. The van der Waals surface area contributed by atoms with Gasteiger partial charge in [-0.25, -0.2) is 4.98 Å². The first-order valence-corrected chi connectivity index (χ1v) is 9.25. The van der Waals surface area contributed by atoms with Gasteiger partial charge in [0.1, 0.15) is 4.60 Å². The predicted molar refractivity (Wildman–Crippen MR) is 101 cm³/mol. The number of hydrogen-bond donors (Lipinski definition) is 0. The Labute approximate surface area is 172 Å². The van der Waals surface area contributed by atoms with Crippen molar-refractivity contribution in [2.24, 2.45) is 0 Å². The molecule has 0 aliphatic carbocycles. The number of aromatic nitrogens is 2. The molecule has 29 heavy (non-hydrogen) atoms. The molecule has 3 aromatic rings. The van der Waals surface area contributed by atoms with Crippen LogP contribution in [0.25, 0.3) is 0 Å². The number of benzene rings is 1. The Bertz CT molecular complexity index is 928. The first-order chi connectivity index (χ1) is 13.9. The fourth-order valence-electron chi connectivity index (χ4n) is 2.90. The van der Waals surface area contributed by atoms with Crippen molar-refractivity contribution in [1.29, 1.82) is 0 Å². The van der Waals surface area contributed by atoms with Gasteiger partial charge < -0.3 is 9.47 Å². The Morgan fingerprint density at radius 3 is 2.10 bits per heavy atom. The van der Waals surface area contributed by atoms with Gasteiger partial charge in [-0.2, -0.15) is 17.6 Å². The van der Waals surface area contributed by atoms with E-state index in [9.17, 15) is 17.6 Å². The van der Waals surface area contributed by atoms with E-state index in [1.54, 1.807) is 30.7 Å². The molecule has 1 unspecified atom stereocenters. The summed E-state index contributed by atoms with van der Waals surface area (Å²) in [5.74, 6) is -1.21. The summed E-state index contributed by atoms with van der Waals surface area (Å²) < 4.78 is 60.2. The summed E-state index contributed by atoms with van der Waals surface area (Å²) in [6.45, 7) is -6.34. The van der Waals surface area contributed by atoms with Crippen molar-refractivity contribution in [2.75, 3.05) is 0 Å². The molecule has 0 aliphatic heterocycles. The van der Waals surface area contributed by atoms with Crippen LogP contribution in [0.15, 0.2) is 65.7 Å². The van der Waals surface area contributed by atoms with Crippen molar-refractivity contribution < 1.29 is 27.0 Å². The lowest BCUT2D eigenvalue weighted by molar-refractivity contribution is -0.0692. The minimum Gasteiger partial charge on any atom is -0.431 e. The zero-order chi connectivity index (χ0) is 20.8. The molecule has 0 spiro atoms. The molecule has 0 fully saturated rings. The second kappa shape index (κ2) is 9.69. The van der Waals surface area contributed by atoms with Gasteiger partial charge in [-0.3, -0.25) is 4.98 Å². The number of ether oxygens (including phenoxy) is 2. The van der Waals surface area contributed by atoms with E-state index in [-0.39, 0.29) is 5.92 Å². The summed E-state index contributed by atoms with van der Waals surface area (Å²) in [6.07, 6.45) is 5.47. The minimum atomic E-state index is -3.18. The van der Waals surface area contributed by atoms with Crippen LogP contribution in [0.5, 0.6) is 11.5 Å². The molecule has 4 nitrogen and oxygen atoms in total. The van der Waals surface area contributed by atoms with Gasteiger partial charge in [0.15, 0.2) is 11.5 Å². The SMILES string of the molecule is FC(F)Oc1ccc(C(Cc2ccncc2)c2ccc(Br)nc2)cc1OC(F)F. The zero-order valence-electron chi connectivity index (χ0n) is 14.8. The van der Waals surface area contributed by atoms with Crippen LogP contribution in [0.4, 0.5) is 17.6 Å². The summed E-state index contributed by atoms with van der Waals surface area (Å²) in [5.41, 5.74) is 2.36. The second-order valence-corrected chi connectivity index (χ2v) is 6.80. The lowest BCUT2D eigenvalue weighted by atomic mass is 9.87. The average Bonchev–Trinajstić information content (AvgIpc) is 2.68. The molecule has 3 rings (SSSR count). The molecule has 1 aromatic carbocycles. The highest BCUT2D eigenvalue weighted by Gasteiger charge is 2.21. The van der Waals surface area contributed by atoms with Crippen molar-refractivity contribution in [3.63, 3.8) is 0 Å². The lowest BCUT2D eigenvalue weighted by Gasteiger charge is -2.20. The number of hydrogen-bond acceptors (Lipinski definition) is 4. The third kappa shape index (κ3) is 5.90. The fraction of sp³-hybridized carbons (Fsp3) is 0.200. The van der Waals surface area contributed by atoms with E-state index < -0.39 is 24.7 Å². The largest absolute Gasteiger partial charge is 0.431 e. The third-order valence-corrected chi connectivity index (χ3v) is 4.61. The highest BCUT2D eigenvalue weighted by Crippen LogP contribution is 2.36. The smallest absolute Gasteiger partial charge is 0.387 e. The molecule has 152 valence electrons. The first kappa shape index (κ1) is 21.0. The van der Waals surface area contributed by atoms with Gasteiger partial charge in [0.2, 0.25) is 0 Å². The topological polar surface area (TPSA) is 44.2 Å². The molecular formula is C20H15BrF4N2O2. The van der Waals surface area contributed by atoms with Crippen molar-refractivity contribution in [2.45, 2.75) is 25.6 Å². The van der Waals surface area contributed by atoms with Gasteiger partial charge in [-0.1, -0.05) is 12.1 Å². The van der Waals surface area contributed by atoms with Crippen LogP contribution >= 0.6 is 15.9 Å². The molecule has 0 bridgehead atoms. The van der Waals surface area contributed by atoms with Crippen LogP contribution in [0.2, 0.25) is 0 Å². The number of pyridine rings is 2. The molecule has 2 heterocycles. The van der Waals surface area contributed by atoms with Gasteiger partial charge in [0.05, 0.1) is 0 Å². The van der Waals surface area contributed by atoms with Gasteiger partial charge >= 0.3 is 13.2 Å². The maximum Gasteiger partial charge on any atom is 0.387 e. The standard InChI is InChI=1S/C20H15BrF4N2O2/c21-18-4-2-14(11-27-18)15(9-12-5-7-26-8-6-12)13-1-3-16(28-19(22)23)17(10-13)29-20(24)25/h1-8,10-11,15,19-20H,9H2. The summed E-state index contributed by atoms with van der Waals surface area (Å²) in [5, 5.41) is 0. The maximum absolute atomic E-state index is 12.8. The van der Waals surface area contributed by atoms with Crippen molar-refractivity contribution in [1.82, 2.24) is 9.97 Å². The highest BCUT2D eigenvalue weighted by molar-refractivity contribution is 9.10. The number of alkyl halides is 4. The highest BCUT2D eigenvalue weighted by atomic mass is 79.9. The van der Waals surface area contributed by atoms with Gasteiger partial charge in [-0.05, 0) is 69.4 Å². The molecule has 1 atom stereocenters. The lowest BCUT2D eigenvalue weighted by Crippen LogP contribution is -2.10. The molecule has 0 amide bonds. The van der Waals surface area contributed by atoms with Crippen LogP contribution in [0.3, 0.4) is 0 Å². The fourth-order valence-corrected chi connectivity index (χ4v) is 3.13. The van der Waals surface area contributed by atoms with Crippen LogP contribution < -0.4 is 9.47 Å². The van der Waals surface area contributed by atoms with E-state index in [0.717, 1.165) is 11.1 Å². The second-order valence-electron chi connectivity index (χ2n) is 5.99. The molecule has 0 saturated carbocycles. The van der Waals surface area contributed by atoms with E-state index in [0.29, 0.717) is 16.6 Å². The molecule has 0 saturated heterocycles. The molecule has 0 aliphatic rings. The molecule has 2 aromatic heterocycles. The quantitative estimate of drug-likeness (QED) is 0.307.